The van der Waals surface area contributed by atoms with E-state index in [0.29, 0.717) is 17.1 Å². The Balaban J connectivity index is 1.69. The van der Waals surface area contributed by atoms with Crippen LogP contribution in [0.2, 0.25) is 0 Å². The zero-order chi connectivity index (χ0) is 21.1. The van der Waals surface area contributed by atoms with E-state index >= 15 is 0 Å². The van der Waals surface area contributed by atoms with Crippen molar-refractivity contribution in [3.05, 3.63) is 90.0 Å². The minimum Gasteiger partial charge on any atom is -0.399 e. The summed E-state index contributed by atoms with van der Waals surface area (Å²) in [6, 6.07) is 23.4. The predicted molar refractivity (Wildman–Crippen MR) is 119 cm³/mol. The minimum absolute atomic E-state index is 0.337. The lowest BCUT2D eigenvalue weighted by atomic mass is 10.0. The number of amides is 3. The lowest BCUT2D eigenvalue weighted by Gasteiger charge is -2.21. The highest BCUT2D eigenvalue weighted by Gasteiger charge is 2.30. The van der Waals surface area contributed by atoms with Crippen LogP contribution in [0.3, 0.4) is 0 Å². The number of carbonyl (C=O) groups excluding carboxylic acids is 2. The number of nitrogens with zero attached hydrogens (tertiary/aromatic N) is 2. The first kappa shape index (κ1) is 19.2. The molecular weight excluding hydrogens is 378 g/mol. The molecule has 1 aliphatic rings. The Morgan fingerprint density at radius 3 is 2.50 bits per heavy atom. The van der Waals surface area contributed by atoms with Crippen LogP contribution in [-0.2, 0) is 4.79 Å². The van der Waals surface area contributed by atoms with Crippen LogP contribution in [0.25, 0.3) is 0 Å². The van der Waals surface area contributed by atoms with Crippen molar-refractivity contribution in [1.29, 1.82) is 0 Å². The molecule has 0 radical (unpaired) electrons. The second-order valence-electron chi connectivity index (χ2n) is 6.88. The molecule has 7 heteroatoms. The highest BCUT2D eigenvalue weighted by molar-refractivity contribution is 6.20. The molecule has 0 saturated heterocycles. The van der Waals surface area contributed by atoms with Gasteiger partial charge in [0.05, 0.1) is 11.4 Å². The summed E-state index contributed by atoms with van der Waals surface area (Å²) < 4.78 is 0. The first-order chi connectivity index (χ1) is 14.5. The van der Waals surface area contributed by atoms with Crippen LogP contribution in [0.4, 0.5) is 21.9 Å². The molecule has 150 valence electrons. The molecule has 4 rings (SSSR count). The van der Waals surface area contributed by atoms with Gasteiger partial charge in [-0.3, -0.25) is 4.79 Å². The molecule has 30 heavy (non-hydrogen) atoms. The van der Waals surface area contributed by atoms with Crippen molar-refractivity contribution in [3.8, 4) is 0 Å². The normalized spacial score (nSPS) is 15.6. The number of likely N-dealkylation sites (N-methyl/N-ethyl adjacent to an activating group) is 1. The standard InChI is InChI=1S/C23H21N5O2/c1-28-19-13-6-5-12-18(19)20(15-8-3-2-4-9-15)26-21(22(28)29)27-23(30)25-17-11-7-10-16(24)14-17/h2-14,21H,24H2,1H3,(H2,25,27,30)/t21-/m0/s1. The fourth-order valence-electron chi connectivity index (χ4n) is 3.35. The number of fused-ring (bicyclic) bond motifs is 1. The molecule has 7 nitrogen and oxygen atoms in total. The number of nitrogens with two attached hydrogens (primary N) is 1. The van der Waals surface area contributed by atoms with E-state index in [1.165, 1.54) is 4.90 Å². The van der Waals surface area contributed by atoms with Crippen molar-refractivity contribution in [3.63, 3.8) is 0 Å². The first-order valence-corrected chi connectivity index (χ1v) is 9.46. The van der Waals surface area contributed by atoms with Crippen molar-refractivity contribution < 1.29 is 9.59 Å². The SMILES string of the molecule is CN1C(=O)[C@H](NC(=O)Nc2cccc(N)c2)N=C(c2ccccc2)c2ccccc21. The van der Waals surface area contributed by atoms with Crippen molar-refractivity contribution in [1.82, 2.24) is 5.32 Å². The minimum atomic E-state index is -1.08. The van der Waals surface area contributed by atoms with Crippen LogP contribution in [0.15, 0.2) is 83.9 Å². The third kappa shape index (κ3) is 3.86. The van der Waals surface area contributed by atoms with Gasteiger partial charge in [-0.1, -0.05) is 54.6 Å². The Morgan fingerprint density at radius 1 is 1.00 bits per heavy atom. The molecular formula is C23H21N5O2. The van der Waals surface area contributed by atoms with Crippen molar-refractivity contribution in [2.45, 2.75) is 6.17 Å². The molecule has 1 heterocycles. The Morgan fingerprint density at radius 2 is 1.73 bits per heavy atom. The largest absolute Gasteiger partial charge is 0.399 e. The summed E-state index contributed by atoms with van der Waals surface area (Å²) in [5, 5.41) is 5.36. The number of benzene rings is 3. The molecule has 3 amide bonds. The van der Waals surface area contributed by atoms with Crippen LogP contribution < -0.4 is 21.3 Å². The number of hydrogen-bond donors (Lipinski definition) is 3. The van der Waals surface area contributed by atoms with E-state index in [9.17, 15) is 9.59 Å². The van der Waals surface area contributed by atoms with E-state index < -0.39 is 12.2 Å². The number of nitrogens with one attached hydrogen (secondary N) is 2. The van der Waals surface area contributed by atoms with Gasteiger partial charge in [0.15, 0.2) is 0 Å². The number of benzodiazepines with no additional fused rings is 1. The molecule has 1 atom stereocenters. The third-order valence-electron chi connectivity index (χ3n) is 4.80. The second-order valence-corrected chi connectivity index (χ2v) is 6.88. The fraction of sp³-hybridized carbons (Fsp3) is 0.0870. The van der Waals surface area contributed by atoms with Crippen LogP contribution >= 0.6 is 0 Å². The van der Waals surface area contributed by atoms with Gasteiger partial charge in [-0.25, -0.2) is 9.79 Å². The average Bonchev–Trinajstić information content (AvgIpc) is 2.85. The van der Waals surface area contributed by atoms with Gasteiger partial charge in [0.1, 0.15) is 0 Å². The Labute approximate surface area is 174 Å². The van der Waals surface area contributed by atoms with E-state index in [2.05, 4.69) is 15.6 Å². The molecule has 3 aromatic rings. The molecule has 0 spiro atoms. The Hall–Kier alpha value is -4.13. The zero-order valence-electron chi connectivity index (χ0n) is 16.4. The van der Waals surface area contributed by atoms with Gasteiger partial charge in [-0.15, -0.1) is 0 Å². The smallest absolute Gasteiger partial charge is 0.321 e. The lowest BCUT2D eigenvalue weighted by Crippen LogP contribution is -2.47. The number of rotatable bonds is 3. The van der Waals surface area contributed by atoms with Gasteiger partial charge in [0.2, 0.25) is 6.17 Å². The van der Waals surface area contributed by atoms with Crippen LogP contribution in [0.5, 0.6) is 0 Å². The van der Waals surface area contributed by atoms with E-state index in [-0.39, 0.29) is 5.91 Å². The molecule has 4 N–H and O–H groups in total. The average molecular weight is 399 g/mol. The Bertz CT molecular complexity index is 1130. The number of hydrogen-bond acceptors (Lipinski definition) is 4. The molecule has 0 aliphatic carbocycles. The van der Waals surface area contributed by atoms with Crippen LogP contribution in [0, 0.1) is 0 Å². The highest BCUT2D eigenvalue weighted by Crippen LogP contribution is 2.27. The fourth-order valence-corrected chi connectivity index (χ4v) is 3.35. The highest BCUT2D eigenvalue weighted by atomic mass is 16.2. The van der Waals surface area contributed by atoms with E-state index in [0.717, 1.165) is 16.8 Å². The predicted octanol–water partition coefficient (Wildman–Crippen LogP) is 3.23. The molecule has 0 saturated carbocycles. The number of urea groups is 1. The van der Waals surface area contributed by atoms with Gasteiger partial charge in [-0.05, 0) is 24.3 Å². The maximum Gasteiger partial charge on any atom is 0.321 e. The van der Waals surface area contributed by atoms with Gasteiger partial charge in [0, 0.05) is 29.5 Å². The quantitative estimate of drug-likeness (QED) is 0.590. The Kier molecular flexibility index (Phi) is 5.17. The molecule has 0 unspecified atom stereocenters. The van der Waals surface area contributed by atoms with Crippen molar-refractivity contribution >= 4 is 34.7 Å². The monoisotopic (exact) mass is 399 g/mol. The number of nitrogen functional groups attached to an aromatic ring is 1. The van der Waals surface area contributed by atoms with Crippen molar-refractivity contribution in [2.24, 2.45) is 4.99 Å². The molecule has 0 bridgehead atoms. The number of para-hydroxylation sites is 1. The summed E-state index contributed by atoms with van der Waals surface area (Å²) in [6.07, 6.45) is -1.08. The first-order valence-electron chi connectivity index (χ1n) is 9.46. The summed E-state index contributed by atoms with van der Waals surface area (Å²) in [5.74, 6) is -0.337. The third-order valence-corrected chi connectivity index (χ3v) is 4.80. The molecule has 1 aliphatic heterocycles. The maximum absolute atomic E-state index is 13.1. The zero-order valence-corrected chi connectivity index (χ0v) is 16.4. The maximum atomic E-state index is 13.1. The van der Waals surface area contributed by atoms with Gasteiger partial charge in [0.25, 0.3) is 5.91 Å². The summed E-state index contributed by atoms with van der Waals surface area (Å²) in [5.41, 5.74) is 9.85. The summed E-state index contributed by atoms with van der Waals surface area (Å²) in [4.78, 5) is 31.8. The second kappa shape index (κ2) is 8.08. The van der Waals surface area contributed by atoms with Crippen molar-refractivity contribution in [2.75, 3.05) is 23.0 Å². The van der Waals surface area contributed by atoms with Crippen LogP contribution in [0.1, 0.15) is 11.1 Å². The number of carbonyl (C=O) groups is 2. The van der Waals surface area contributed by atoms with Gasteiger partial charge >= 0.3 is 6.03 Å². The van der Waals surface area contributed by atoms with E-state index in [4.69, 9.17) is 5.73 Å². The van der Waals surface area contributed by atoms with E-state index in [1.54, 1.807) is 31.3 Å². The van der Waals surface area contributed by atoms with Gasteiger partial charge < -0.3 is 21.3 Å². The lowest BCUT2D eigenvalue weighted by molar-refractivity contribution is -0.119. The summed E-state index contributed by atoms with van der Waals surface area (Å²) in [6.45, 7) is 0. The molecule has 0 aromatic heterocycles. The van der Waals surface area contributed by atoms with Crippen LogP contribution in [-0.4, -0.2) is 30.9 Å². The topological polar surface area (TPSA) is 99.8 Å². The van der Waals surface area contributed by atoms with Gasteiger partial charge in [-0.2, -0.15) is 0 Å². The van der Waals surface area contributed by atoms with E-state index in [1.807, 2.05) is 54.6 Å². The molecule has 0 fully saturated rings. The molecule has 3 aromatic carbocycles. The number of anilines is 3. The summed E-state index contributed by atoms with van der Waals surface area (Å²) >= 11 is 0. The summed E-state index contributed by atoms with van der Waals surface area (Å²) in [7, 11) is 1.68. The number of aliphatic imine (C=N–C) groups is 1.